The van der Waals surface area contributed by atoms with Crippen molar-refractivity contribution in [3.8, 4) is 0 Å². The van der Waals surface area contributed by atoms with Crippen LogP contribution in [0.3, 0.4) is 0 Å². The third-order valence-electron chi connectivity index (χ3n) is 4.72. The fourth-order valence-electron chi connectivity index (χ4n) is 3.30. The third-order valence-corrected chi connectivity index (χ3v) is 4.72. The summed E-state index contributed by atoms with van der Waals surface area (Å²) in [7, 11) is 0. The van der Waals surface area contributed by atoms with Crippen LogP contribution >= 0.6 is 0 Å². The molecule has 0 saturated carbocycles. The van der Waals surface area contributed by atoms with Gasteiger partial charge < -0.3 is 20.5 Å². The quantitative estimate of drug-likeness (QED) is 0.783. The number of para-hydroxylation sites is 1. The van der Waals surface area contributed by atoms with Crippen LogP contribution in [0.25, 0.3) is 0 Å². The Morgan fingerprint density at radius 1 is 1.04 bits per heavy atom. The first-order valence-electron chi connectivity index (χ1n) is 8.64. The predicted octanol–water partition coefficient (Wildman–Crippen LogP) is 3.12. The normalized spacial score (nSPS) is 17.5. The molecule has 1 aliphatic heterocycles. The number of ether oxygens (including phenoxy) is 1. The maximum Gasteiger partial charge on any atom is 0.319 e. The molecule has 1 heterocycles. The van der Waals surface area contributed by atoms with Gasteiger partial charge in [-0.25, -0.2) is 4.79 Å². The van der Waals surface area contributed by atoms with Gasteiger partial charge in [-0.3, -0.25) is 0 Å². The molecule has 2 aromatic carbocycles. The Hall–Kier alpha value is -2.37. The van der Waals surface area contributed by atoms with Crippen molar-refractivity contribution in [2.45, 2.75) is 18.4 Å². The number of amides is 2. The second-order valence-electron chi connectivity index (χ2n) is 6.35. The molecule has 0 radical (unpaired) electrons. The van der Waals surface area contributed by atoms with E-state index < -0.39 is 5.60 Å². The topological polar surface area (TPSA) is 70.6 Å². The number of nitrogens with one attached hydrogen (secondary N) is 2. The summed E-state index contributed by atoms with van der Waals surface area (Å²) in [4.78, 5) is 12.2. The van der Waals surface area contributed by atoms with Crippen LogP contribution in [0.4, 0.5) is 10.5 Å². The van der Waals surface area contributed by atoms with Crippen LogP contribution in [0.2, 0.25) is 0 Å². The Labute approximate surface area is 148 Å². The molecule has 5 heteroatoms. The molecule has 2 amide bonds. The standard InChI is InChI=1S/C20H24N2O3/c23-19(22-18-9-5-2-6-10-18)21-15-20(24,16-7-3-1-4-8-16)17-11-13-25-14-12-17/h1-10,17,24H,11-15H2,(H2,21,22,23). The molecule has 25 heavy (non-hydrogen) atoms. The van der Waals surface area contributed by atoms with Gasteiger partial charge in [0.05, 0.1) is 6.54 Å². The van der Waals surface area contributed by atoms with E-state index in [2.05, 4.69) is 10.6 Å². The van der Waals surface area contributed by atoms with E-state index in [4.69, 9.17) is 4.74 Å². The maximum atomic E-state index is 12.2. The summed E-state index contributed by atoms with van der Waals surface area (Å²) in [6.45, 7) is 1.42. The Bertz CT molecular complexity index is 672. The molecule has 0 aromatic heterocycles. The summed E-state index contributed by atoms with van der Waals surface area (Å²) < 4.78 is 5.42. The van der Waals surface area contributed by atoms with Crippen LogP contribution < -0.4 is 10.6 Å². The van der Waals surface area contributed by atoms with Crippen molar-refractivity contribution in [2.24, 2.45) is 5.92 Å². The van der Waals surface area contributed by atoms with Gasteiger partial charge in [-0.2, -0.15) is 0 Å². The highest BCUT2D eigenvalue weighted by Crippen LogP contribution is 2.35. The van der Waals surface area contributed by atoms with Gasteiger partial charge in [-0.1, -0.05) is 48.5 Å². The predicted molar refractivity (Wildman–Crippen MR) is 97.3 cm³/mol. The van der Waals surface area contributed by atoms with Crippen LogP contribution in [0.1, 0.15) is 18.4 Å². The number of carbonyl (C=O) groups excluding carboxylic acids is 1. The lowest BCUT2D eigenvalue weighted by Crippen LogP contribution is -2.48. The highest BCUT2D eigenvalue weighted by Gasteiger charge is 2.39. The molecule has 1 atom stereocenters. The smallest absolute Gasteiger partial charge is 0.319 e. The Balaban J connectivity index is 1.70. The summed E-state index contributed by atoms with van der Waals surface area (Å²) in [5, 5.41) is 17.0. The van der Waals surface area contributed by atoms with Crippen LogP contribution in [-0.4, -0.2) is 30.9 Å². The van der Waals surface area contributed by atoms with E-state index >= 15 is 0 Å². The summed E-state index contributed by atoms with van der Waals surface area (Å²) in [6.07, 6.45) is 1.54. The summed E-state index contributed by atoms with van der Waals surface area (Å²) >= 11 is 0. The van der Waals surface area contributed by atoms with Gasteiger partial charge in [0, 0.05) is 18.9 Å². The first-order chi connectivity index (χ1) is 12.2. The van der Waals surface area contributed by atoms with Gasteiger partial charge in [-0.05, 0) is 36.5 Å². The summed E-state index contributed by atoms with van der Waals surface area (Å²) in [5.41, 5.74) is 0.426. The molecule has 0 bridgehead atoms. The molecular weight excluding hydrogens is 316 g/mol. The fourth-order valence-corrected chi connectivity index (χ4v) is 3.30. The van der Waals surface area contributed by atoms with E-state index in [1.54, 1.807) is 0 Å². The molecule has 1 fully saturated rings. The van der Waals surface area contributed by atoms with Crippen molar-refractivity contribution < 1.29 is 14.6 Å². The second kappa shape index (κ2) is 8.14. The van der Waals surface area contributed by atoms with Gasteiger partial charge in [0.25, 0.3) is 0 Å². The molecule has 0 spiro atoms. The van der Waals surface area contributed by atoms with Crippen molar-refractivity contribution in [1.82, 2.24) is 5.32 Å². The lowest BCUT2D eigenvalue weighted by molar-refractivity contribution is -0.0674. The van der Waals surface area contributed by atoms with Crippen molar-refractivity contribution in [2.75, 3.05) is 25.1 Å². The summed E-state index contributed by atoms with van der Waals surface area (Å²) in [6, 6.07) is 18.5. The Kier molecular flexibility index (Phi) is 5.68. The number of aliphatic hydroxyl groups is 1. The van der Waals surface area contributed by atoms with E-state index in [0.29, 0.717) is 18.9 Å². The molecular formula is C20H24N2O3. The van der Waals surface area contributed by atoms with Crippen molar-refractivity contribution in [3.63, 3.8) is 0 Å². The SMILES string of the molecule is O=C(NCC(O)(c1ccccc1)C1CCOCC1)Nc1ccccc1. The Morgan fingerprint density at radius 2 is 1.64 bits per heavy atom. The molecule has 0 aliphatic carbocycles. The average Bonchev–Trinajstić information content (AvgIpc) is 2.68. The molecule has 2 aromatic rings. The monoisotopic (exact) mass is 340 g/mol. The summed E-state index contributed by atoms with van der Waals surface area (Å²) in [5.74, 6) is 0.0423. The number of rotatable bonds is 5. The minimum atomic E-state index is -1.11. The molecule has 132 valence electrons. The van der Waals surface area contributed by atoms with Crippen LogP contribution in [0, 0.1) is 5.92 Å². The van der Waals surface area contributed by atoms with E-state index in [0.717, 1.165) is 18.4 Å². The van der Waals surface area contributed by atoms with Gasteiger partial charge in [0.15, 0.2) is 0 Å². The zero-order valence-corrected chi connectivity index (χ0v) is 14.2. The molecule has 3 rings (SSSR count). The average molecular weight is 340 g/mol. The largest absolute Gasteiger partial charge is 0.383 e. The third kappa shape index (κ3) is 4.38. The molecule has 1 saturated heterocycles. The van der Waals surface area contributed by atoms with Crippen LogP contribution in [0.15, 0.2) is 60.7 Å². The Morgan fingerprint density at radius 3 is 2.28 bits per heavy atom. The number of anilines is 1. The van der Waals surface area contributed by atoms with Crippen molar-refractivity contribution in [1.29, 1.82) is 0 Å². The molecule has 1 aliphatic rings. The first-order valence-corrected chi connectivity index (χ1v) is 8.64. The van der Waals surface area contributed by atoms with E-state index in [1.165, 1.54) is 0 Å². The van der Waals surface area contributed by atoms with Gasteiger partial charge >= 0.3 is 6.03 Å². The highest BCUT2D eigenvalue weighted by atomic mass is 16.5. The number of hydrogen-bond donors (Lipinski definition) is 3. The van der Waals surface area contributed by atoms with Gasteiger partial charge in [0.2, 0.25) is 0 Å². The lowest BCUT2D eigenvalue weighted by atomic mass is 9.77. The lowest BCUT2D eigenvalue weighted by Gasteiger charge is -2.39. The van der Waals surface area contributed by atoms with Crippen LogP contribution in [-0.2, 0) is 10.3 Å². The van der Waals surface area contributed by atoms with Crippen molar-refractivity contribution >= 4 is 11.7 Å². The maximum absolute atomic E-state index is 12.2. The van der Waals surface area contributed by atoms with Crippen LogP contribution in [0.5, 0.6) is 0 Å². The first kappa shape index (κ1) is 17.5. The van der Waals surface area contributed by atoms with Gasteiger partial charge in [0.1, 0.15) is 5.60 Å². The zero-order chi connectivity index (χ0) is 17.5. The fraction of sp³-hybridized carbons (Fsp3) is 0.350. The number of urea groups is 1. The molecule has 3 N–H and O–H groups in total. The number of benzene rings is 2. The van der Waals surface area contributed by atoms with E-state index in [9.17, 15) is 9.90 Å². The van der Waals surface area contributed by atoms with E-state index in [1.807, 2.05) is 60.7 Å². The van der Waals surface area contributed by atoms with Gasteiger partial charge in [-0.15, -0.1) is 0 Å². The van der Waals surface area contributed by atoms with E-state index in [-0.39, 0.29) is 18.5 Å². The number of carbonyl (C=O) groups is 1. The zero-order valence-electron chi connectivity index (χ0n) is 14.2. The highest BCUT2D eigenvalue weighted by molar-refractivity contribution is 5.89. The molecule has 1 unspecified atom stereocenters. The minimum absolute atomic E-state index is 0.0423. The minimum Gasteiger partial charge on any atom is -0.383 e. The number of hydrogen-bond acceptors (Lipinski definition) is 3. The van der Waals surface area contributed by atoms with Crippen molar-refractivity contribution in [3.05, 3.63) is 66.2 Å². The second-order valence-corrected chi connectivity index (χ2v) is 6.35. The molecule has 5 nitrogen and oxygen atoms in total.